The van der Waals surface area contributed by atoms with Crippen LogP contribution in [0.4, 0.5) is 0 Å². The van der Waals surface area contributed by atoms with Crippen LogP contribution in [0.2, 0.25) is 0 Å². The summed E-state index contributed by atoms with van der Waals surface area (Å²) < 4.78 is 22.5. The Bertz CT molecular complexity index is 427. The predicted molar refractivity (Wildman–Crippen MR) is 59.6 cm³/mol. The Morgan fingerprint density at radius 2 is 2.00 bits per heavy atom. The van der Waals surface area contributed by atoms with E-state index in [1.165, 1.54) is 12.3 Å². The van der Waals surface area contributed by atoms with Gasteiger partial charge >= 0.3 is 0 Å². The highest BCUT2D eigenvalue weighted by atomic mass is 32.2. The third kappa shape index (κ3) is 3.97. The molecule has 5 heteroatoms. The summed E-state index contributed by atoms with van der Waals surface area (Å²) in [6, 6.07) is 5.10. The van der Waals surface area contributed by atoms with Crippen molar-refractivity contribution < 1.29 is 8.42 Å². The van der Waals surface area contributed by atoms with Crippen molar-refractivity contribution in [1.29, 1.82) is 0 Å². The maximum Gasteiger partial charge on any atom is 0.192 e. The molecule has 0 aliphatic rings. The number of hydrogen-bond donors (Lipinski definition) is 0. The van der Waals surface area contributed by atoms with E-state index >= 15 is 0 Å². The summed E-state index contributed by atoms with van der Waals surface area (Å²) in [5, 5.41) is 0.152. The van der Waals surface area contributed by atoms with E-state index in [4.69, 9.17) is 0 Å². The lowest BCUT2D eigenvalue weighted by atomic mass is 10.2. The van der Waals surface area contributed by atoms with Crippen molar-refractivity contribution in [2.45, 2.75) is 11.4 Å². The molecule has 0 spiro atoms. The summed E-state index contributed by atoms with van der Waals surface area (Å²) in [5.74, 6) is 0. The van der Waals surface area contributed by atoms with Crippen molar-refractivity contribution in [2.75, 3.05) is 26.9 Å². The van der Waals surface area contributed by atoms with Crippen molar-refractivity contribution in [3.63, 3.8) is 0 Å². The first-order chi connectivity index (χ1) is 6.89. The average molecular weight is 228 g/mol. The van der Waals surface area contributed by atoms with Crippen LogP contribution in [0.5, 0.6) is 0 Å². The second-order valence-electron chi connectivity index (χ2n) is 3.79. The van der Waals surface area contributed by atoms with Gasteiger partial charge in [-0.2, -0.15) is 0 Å². The van der Waals surface area contributed by atoms with Crippen LogP contribution in [0.1, 0.15) is 5.69 Å². The molecule has 0 N–H and O–H groups in total. The van der Waals surface area contributed by atoms with E-state index in [9.17, 15) is 8.42 Å². The van der Waals surface area contributed by atoms with Crippen molar-refractivity contribution in [3.05, 3.63) is 23.9 Å². The summed E-state index contributed by atoms with van der Waals surface area (Å²) in [6.07, 6.45) is 1.93. The third-order valence-electron chi connectivity index (χ3n) is 1.98. The Kier molecular flexibility index (Phi) is 3.82. The number of likely N-dealkylation sites (N-methyl/N-ethyl adjacent to an activating group) is 1. The van der Waals surface area contributed by atoms with E-state index in [0.717, 1.165) is 18.7 Å². The van der Waals surface area contributed by atoms with E-state index in [1.807, 2.05) is 25.1 Å². The lowest BCUT2D eigenvalue weighted by Gasteiger charge is -2.08. The van der Waals surface area contributed by atoms with Crippen LogP contribution in [-0.4, -0.2) is 45.2 Å². The highest BCUT2D eigenvalue weighted by molar-refractivity contribution is 7.90. The molecule has 4 nitrogen and oxygen atoms in total. The Labute approximate surface area is 90.9 Å². The summed E-state index contributed by atoms with van der Waals surface area (Å²) in [6.45, 7) is 0.861. The maximum absolute atomic E-state index is 11.3. The van der Waals surface area contributed by atoms with Crippen molar-refractivity contribution in [1.82, 2.24) is 9.88 Å². The van der Waals surface area contributed by atoms with Gasteiger partial charge < -0.3 is 4.90 Å². The van der Waals surface area contributed by atoms with Crippen LogP contribution in [0.3, 0.4) is 0 Å². The molecule has 1 heterocycles. The lowest BCUT2D eigenvalue weighted by molar-refractivity contribution is 0.411. The fourth-order valence-electron chi connectivity index (χ4n) is 1.14. The largest absolute Gasteiger partial charge is 0.309 e. The predicted octanol–water partition coefficient (Wildman–Crippen LogP) is 0.589. The van der Waals surface area contributed by atoms with Gasteiger partial charge in [0.1, 0.15) is 0 Å². The molecule has 0 saturated carbocycles. The van der Waals surface area contributed by atoms with E-state index in [2.05, 4.69) is 4.98 Å². The first kappa shape index (κ1) is 12.1. The molecule has 1 aromatic heterocycles. The second kappa shape index (κ2) is 4.72. The second-order valence-corrected chi connectivity index (χ2v) is 5.76. The minimum Gasteiger partial charge on any atom is -0.309 e. The topological polar surface area (TPSA) is 50.3 Å². The summed E-state index contributed by atoms with van der Waals surface area (Å²) in [4.78, 5) is 6.14. The SMILES string of the molecule is CN(C)CCc1cccc(S(C)(=O)=O)n1. The van der Waals surface area contributed by atoms with E-state index in [-0.39, 0.29) is 5.03 Å². The van der Waals surface area contributed by atoms with Gasteiger partial charge in [-0.05, 0) is 26.2 Å². The standard InChI is InChI=1S/C10H16N2O2S/c1-12(2)8-7-9-5-4-6-10(11-9)15(3,13)14/h4-6H,7-8H2,1-3H3. The lowest BCUT2D eigenvalue weighted by Crippen LogP contribution is -2.16. The Morgan fingerprint density at radius 3 is 2.53 bits per heavy atom. The van der Waals surface area contributed by atoms with Crippen LogP contribution in [0, 0.1) is 0 Å². The molecule has 0 fully saturated rings. The highest BCUT2D eigenvalue weighted by Crippen LogP contribution is 2.06. The first-order valence-corrected chi connectivity index (χ1v) is 6.59. The van der Waals surface area contributed by atoms with Crippen molar-refractivity contribution >= 4 is 9.84 Å². The molecule has 1 aromatic rings. The van der Waals surface area contributed by atoms with E-state index in [1.54, 1.807) is 6.07 Å². The number of rotatable bonds is 4. The fraction of sp³-hybridized carbons (Fsp3) is 0.500. The Balaban J connectivity index is 2.84. The smallest absolute Gasteiger partial charge is 0.192 e. The molecule has 0 aromatic carbocycles. The molecule has 15 heavy (non-hydrogen) atoms. The summed E-state index contributed by atoms with van der Waals surface area (Å²) in [5.41, 5.74) is 0.812. The van der Waals surface area contributed by atoms with Gasteiger partial charge in [0.2, 0.25) is 0 Å². The van der Waals surface area contributed by atoms with E-state index < -0.39 is 9.84 Å². The normalized spacial score (nSPS) is 12.0. The summed E-state index contributed by atoms with van der Waals surface area (Å²) in [7, 11) is 0.757. The van der Waals surface area contributed by atoms with Gasteiger partial charge in [0.05, 0.1) is 0 Å². The minimum atomic E-state index is -3.19. The molecule has 84 valence electrons. The average Bonchev–Trinajstić information content (AvgIpc) is 2.14. The molecule has 0 atom stereocenters. The van der Waals surface area contributed by atoms with Gasteiger partial charge in [0.15, 0.2) is 14.9 Å². The number of sulfone groups is 1. The molecule has 0 amide bonds. The molecule has 0 unspecified atom stereocenters. The zero-order chi connectivity index (χ0) is 11.5. The zero-order valence-electron chi connectivity index (χ0n) is 9.27. The Morgan fingerprint density at radius 1 is 1.33 bits per heavy atom. The van der Waals surface area contributed by atoms with Gasteiger partial charge in [-0.15, -0.1) is 0 Å². The molecule has 0 saturated heterocycles. The summed E-state index contributed by atoms with van der Waals surface area (Å²) >= 11 is 0. The van der Waals surface area contributed by atoms with Gasteiger partial charge in [-0.1, -0.05) is 6.07 Å². The highest BCUT2D eigenvalue weighted by Gasteiger charge is 2.08. The minimum absolute atomic E-state index is 0.152. The number of nitrogens with zero attached hydrogens (tertiary/aromatic N) is 2. The molecule has 0 aliphatic heterocycles. The maximum atomic E-state index is 11.3. The van der Waals surface area contributed by atoms with Gasteiger partial charge in [0.25, 0.3) is 0 Å². The van der Waals surface area contributed by atoms with Gasteiger partial charge in [0, 0.05) is 24.9 Å². The molecule has 0 aliphatic carbocycles. The van der Waals surface area contributed by atoms with Crippen molar-refractivity contribution in [3.8, 4) is 0 Å². The van der Waals surface area contributed by atoms with E-state index in [0.29, 0.717) is 0 Å². The molecule has 1 rings (SSSR count). The van der Waals surface area contributed by atoms with Crippen molar-refractivity contribution in [2.24, 2.45) is 0 Å². The monoisotopic (exact) mass is 228 g/mol. The third-order valence-corrected chi connectivity index (χ3v) is 2.96. The first-order valence-electron chi connectivity index (χ1n) is 4.70. The van der Waals surface area contributed by atoms with Crippen LogP contribution < -0.4 is 0 Å². The molecule has 0 radical (unpaired) electrons. The number of hydrogen-bond acceptors (Lipinski definition) is 4. The fourth-order valence-corrected chi connectivity index (χ4v) is 1.75. The van der Waals surface area contributed by atoms with Crippen LogP contribution in [-0.2, 0) is 16.3 Å². The van der Waals surface area contributed by atoms with Crippen LogP contribution in [0.25, 0.3) is 0 Å². The van der Waals surface area contributed by atoms with Gasteiger partial charge in [-0.3, -0.25) is 0 Å². The van der Waals surface area contributed by atoms with Crippen LogP contribution >= 0.6 is 0 Å². The van der Waals surface area contributed by atoms with Gasteiger partial charge in [-0.25, -0.2) is 13.4 Å². The molecular formula is C10H16N2O2S. The molecule has 0 bridgehead atoms. The number of pyridine rings is 1. The van der Waals surface area contributed by atoms with Crippen LogP contribution in [0.15, 0.2) is 23.2 Å². The number of aromatic nitrogens is 1. The molecular weight excluding hydrogens is 212 g/mol. The Hall–Kier alpha value is -0.940. The zero-order valence-corrected chi connectivity index (χ0v) is 10.1. The quantitative estimate of drug-likeness (QED) is 0.757.